The number of piperazine rings is 1. The summed E-state index contributed by atoms with van der Waals surface area (Å²) in [7, 11) is 1.64. The van der Waals surface area contributed by atoms with Crippen LogP contribution in [-0.4, -0.2) is 83.6 Å². The van der Waals surface area contributed by atoms with Gasteiger partial charge in [-0.1, -0.05) is 18.2 Å². The van der Waals surface area contributed by atoms with E-state index in [2.05, 4.69) is 21.3 Å². The lowest BCUT2D eigenvalue weighted by Crippen LogP contribution is -2.43. The van der Waals surface area contributed by atoms with E-state index in [0.29, 0.717) is 25.3 Å². The Hall–Kier alpha value is -4.03. The van der Waals surface area contributed by atoms with Crippen molar-refractivity contribution in [3.8, 4) is 16.9 Å². The minimum Gasteiger partial charge on any atom is -0.383 e. The molecule has 2 atom stereocenters. The third-order valence-corrected chi connectivity index (χ3v) is 8.31. The van der Waals surface area contributed by atoms with Crippen molar-refractivity contribution in [2.75, 3.05) is 57.9 Å². The van der Waals surface area contributed by atoms with Crippen LogP contribution in [0.2, 0.25) is 0 Å². The van der Waals surface area contributed by atoms with Crippen molar-refractivity contribution in [2.45, 2.75) is 25.9 Å². The molecule has 2 saturated heterocycles. The number of ether oxygens (including phenoxy) is 1. The lowest BCUT2D eigenvalue weighted by atomic mass is 9.91. The summed E-state index contributed by atoms with van der Waals surface area (Å²) in [5, 5.41) is 10.2. The lowest BCUT2D eigenvalue weighted by molar-refractivity contribution is -0.155. The van der Waals surface area contributed by atoms with Crippen LogP contribution >= 0.6 is 0 Å². The summed E-state index contributed by atoms with van der Waals surface area (Å²) in [4.78, 5) is 30.7. The van der Waals surface area contributed by atoms with Gasteiger partial charge in [-0.25, -0.2) is 14.6 Å². The molecule has 44 heavy (non-hydrogen) atoms. The number of carbonyl (C=O) groups excluding carboxylic acids is 1. The van der Waals surface area contributed by atoms with Gasteiger partial charge >= 0.3 is 0 Å². The molecule has 2 aliphatic rings. The number of nitrogens with zero attached hydrogens (tertiary/aromatic N) is 6. The number of anilines is 1. The lowest BCUT2D eigenvalue weighted by Gasteiger charge is -2.28. The molecule has 0 unspecified atom stereocenters. The normalized spacial score (nSPS) is 19.0. The standard InChI is InChI=1S/C33H38FN7O3/c1-23-29(20-28(42)18-26-22-40(16-17-43-2)44-33(26)24-10-11-36-30(34)19-24)41(27-6-4-3-5-7-27)38-32(23)25-8-9-31(37-21-25)39-14-12-35-13-15-39/h3-11,19,21,26,33,35H,12-18,20,22H2,1-2H3/t26-,33+/m1/s1. The second-order valence-corrected chi connectivity index (χ2v) is 11.3. The largest absolute Gasteiger partial charge is 0.383 e. The predicted octanol–water partition coefficient (Wildman–Crippen LogP) is 3.94. The molecule has 0 aliphatic carbocycles. The maximum Gasteiger partial charge on any atom is 0.213 e. The topological polar surface area (TPSA) is 97.6 Å². The van der Waals surface area contributed by atoms with Crippen LogP contribution in [0.15, 0.2) is 67.0 Å². The minimum absolute atomic E-state index is 0.0608. The number of rotatable bonds is 11. The number of ketones is 1. The maximum atomic E-state index is 14.0. The highest BCUT2D eigenvalue weighted by molar-refractivity contribution is 5.82. The number of para-hydroxylation sites is 1. The fraction of sp³-hybridized carbons (Fsp3) is 0.394. The fourth-order valence-electron chi connectivity index (χ4n) is 6.04. The van der Waals surface area contributed by atoms with Crippen LogP contribution in [0.5, 0.6) is 0 Å². The minimum atomic E-state index is -0.572. The summed E-state index contributed by atoms with van der Waals surface area (Å²) < 4.78 is 21.1. The molecular weight excluding hydrogens is 561 g/mol. The number of methoxy groups -OCH3 is 1. The van der Waals surface area contributed by atoms with Gasteiger partial charge in [0.15, 0.2) is 0 Å². The molecule has 3 aromatic heterocycles. The smallest absolute Gasteiger partial charge is 0.213 e. The number of halogens is 1. The Morgan fingerprint density at radius 3 is 2.66 bits per heavy atom. The van der Waals surface area contributed by atoms with Crippen LogP contribution < -0.4 is 10.2 Å². The molecule has 1 N–H and O–H groups in total. The molecule has 230 valence electrons. The van der Waals surface area contributed by atoms with E-state index in [0.717, 1.165) is 60.2 Å². The molecule has 6 rings (SSSR count). The zero-order valence-electron chi connectivity index (χ0n) is 25.2. The average molecular weight is 600 g/mol. The van der Waals surface area contributed by atoms with Gasteiger partial charge in [0, 0.05) is 83.1 Å². The quantitative estimate of drug-likeness (QED) is 0.257. The van der Waals surface area contributed by atoms with E-state index in [9.17, 15) is 9.18 Å². The zero-order valence-corrected chi connectivity index (χ0v) is 25.2. The number of benzene rings is 1. The van der Waals surface area contributed by atoms with E-state index in [-0.39, 0.29) is 24.5 Å². The number of aromatic nitrogens is 4. The van der Waals surface area contributed by atoms with Crippen LogP contribution in [0.3, 0.4) is 0 Å². The molecule has 1 aromatic carbocycles. The summed E-state index contributed by atoms with van der Waals surface area (Å²) in [5.74, 6) is 0.283. The number of nitrogens with one attached hydrogen (secondary N) is 1. The van der Waals surface area contributed by atoms with E-state index in [4.69, 9.17) is 19.7 Å². The molecule has 0 amide bonds. The molecule has 2 fully saturated rings. The Kier molecular flexibility index (Phi) is 9.37. The van der Waals surface area contributed by atoms with Crippen LogP contribution in [0.1, 0.15) is 29.3 Å². The van der Waals surface area contributed by atoms with Crippen molar-refractivity contribution in [3.63, 3.8) is 0 Å². The highest BCUT2D eigenvalue weighted by Crippen LogP contribution is 2.37. The molecule has 0 spiro atoms. The summed E-state index contributed by atoms with van der Waals surface area (Å²) >= 11 is 0. The molecule has 0 radical (unpaired) electrons. The van der Waals surface area contributed by atoms with Gasteiger partial charge in [0.05, 0.1) is 23.7 Å². The van der Waals surface area contributed by atoms with Crippen molar-refractivity contribution in [1.29, 1.82) is 0 Å². The number of Topliss-reactive ketones (excluding diaryl/α,β-unsaturated/α-hetero) is 1. The Morgan fingerprint density at radius 2 is 1.93 bits per heavy atom. The van der Waals surface area contributed by atoms with Crippen LogP contribution in [0.4, 0.5) is 10.2 Å². The number of hydroxylamine groups is 2. The molecule has 0 bridgehead atoms. The number of hydrogen-bond donors (Lipinski definition) is 1. The van der Waals surface area contributed by atoms with Gasteiger partial charge in [-0.15, -0.1) is 0 Å². The molecule has 11 heteroatoms. The van der Waals surface area contributed by atoms with Crippen LogP contribution in [0, 0.1) is 18.8 Å². The first-order chi connectivity index (χ1) is 21.5. The first-order valence-electron chi connectivity index (χ1n) is 15.1. The Balaban J connectivity index is 1.25. The highest BCUT2D eigenvalue weighted by atomic mass is 19.1. The van der Waals surface area contributed by atoms with Gasteiger partial charge in [0.1, 0.15) is 17.7 Å². The Morgan fingerprint density at radius 1 is 1.11 bits per heavy atom. The van der Waals surface area contributed by atoms with Crippen LogP contribution in [-0.2, 0) is 20.8 Å². The molecule has 10 nitrogen and oxygen atoms in total. The highest BCUT2D eigenvalue weighted by Gasteiger charge is 2.37. The number of pyridine rings is 2. The van der Waals surface area contributed by atoms with Gasteiger partial charge in [0.25, 0.3) is 0 Å². The maximum absolute atomic E-state index is 14.0. The second kappa shape index (κ2) is 13.7. The third-order valence-electron chi connectivity index (χ3n) is 8.31. The van der Waals surface area contributed by atoms with Crippen molar-refractivity contribution in [1.82, 2.24) is 30.1 Å². The van der Waals surface area contributed by atoms with Crippen molar-refractivity contribution < 1.29 is 18.8 Å². The average Bonchev–Trinajstić information content (AvgIpc) is 3.61. The summed E-state index contributed by atoms with van der Waals surface area (Å²) in [6.45, 7) is 7.33. The third kappa shape index (κ3) is 6.71. The zero-order chi connectivity index (χ0) is 30.5. The SMILES string of the molecule is COCCN1C[C@@H](CC(=O)Cc2c(C)c(-c3ccc(N4CCNCC4)nc3)nn2-c2ccccc2)[C@H](c2ccnc(F)c2)O1. The van der Waals surface area contributed by atoms with Gasteiger partial charge < -0.3 is 15.0 Å². The van der Waals surface area contributed by atoms with E-state index in [1.54, 1.807) is 18.2 Å². The predicted molar refractivity (Wildman–Crippen MR) is 165 cm³/mol. The number of hydrogen-bond acceptors (Lipinski definition) is 9. The van der Waals surface area contributed by atoms with Crippen molar-refractivity contribution in [3.05, 3.63) is 89.8 Å². The van der Waals surface area contributed by atoms with Gasteiger partial charge in [-0.05, 0) is 54.4 Å². The molecule has 2 aliphatic heterocycles. The monoisotopic (exact) mass is 599 g/mol. The van der Waals surface area contributed by atoms with Gasteiger partial charge in [-0.2, -0.15) is 14.6 Å². The molecule has 0 saturated carbocycles. The van der Waals surface area contributed by atoms with Crippen molar-refractivity contribution >= 4 is 11.6 Å². The second-order valence-electron chi connectivity index (χ2n) is 11.3. The summed E-state index contributed by atoms with van der Waals surface area (Å²) in [6, 6.07) is 17.1. The fourth-order valence-corrected chi connectivity index (χ4v) is 6.04. The van der Waals surface area contributed by atoms with Gasteiger partial charge in [-0.3, -0.25) is 9.63 Å². The molecule has 5 heterocycles. The summed E-state index contributed by atoms with van der Waals surface area (Å²) in [6.07, 6.45) is 3.32. The van der Waals surface area contributed by atoms with Crippen LogP contribution in [0.25, 0.3) is 16.9 Å². The van der Waals surface area contributed by atoms with Gasteiger partial charge in [0.2, 0.25) is 5.95 Å². The molecule has 4 aromatic rings. The van der Waals surface area contributed by atoms with E-state index in [1.807, 2.05) is 54.2 Å². The first-order valence-corrected chi connectivity index (χ1v) is 15.1. The van der Waals surface area contributed by atoms with Crippen molar-refractivity contribution in [2.24, 2.45) is 5.92 Å². The van der Waals surface area contributed by atoms with E-state index >= 15 is 0 Å². The van der Waals surface area contributed by atoms with E-state index < -0.39 is 12.1 Å². The number of carbonyl (C=O) groups is 1. The summed E-state index contributed by atoms with van der Waals surface area (Å²) in [5.41, 5.74) is 5.04. The van der Waals surface area contributed by atoms with E-state index in [1.165, 1.54) is 12.3 Å². The molecular formula is C33H38FN7O3. The first kappa shape index (κ1) is 30.0. The Bertz CT molecular complexity index is 1560. The Labute approximate surface area is 256 Å².